The molecule has 0 fully saturated rings. The Kier molecular flexibility index (Phi) is 15.7. The first-order chi connectivity index (χ1) is 8.24. The number of hydrogen-bond acceptors (Lipinski definition) is 2. The minimum absolute atomic E-state index is 0. The number of allylic oxidation sites excluding steroid dienone is 1. The van der Waals surface area contributed by atoms with Crippen molar-refractivity contribution in [2.75, 3.05) is 6.54 Å². The Hall–Kier alpha value is -0.666. The van der Waals surface area contributed by atoms with E-state index in [0.29, 0.717) is 19.6 Å². The molecule has 18 heavy (non-hydrogen) atoms. The fraction of sp³-hybridized carbons (Fsp3) is 0.286. The first-order valence-corrected chi connectivity index (χ1v) is 5.42. The Bertz CT molecular complexity index is 315. The molecule has 1 amide bonds. The van der Waals surface area contributed by atoms with Crippen molar-refractivity contribution in [1.82, 2.24) is 5.32 Å². The Morgan fingerprint density at radius 2 is 2.00 bits per heavy atom. The van der Waals surface area contributed by atoms with Crippen LogP contribution in [0.5, 0.6) is 0 Å². The average molecular weight is 322 g/mol. The van der Waals surface area contributed by atoms with Gasteiger partial charge in [-0.2, -0.15) is 13.3 Å². The van der Waals surface area contributed by atoms with Crippen LogP contribution in [-0.4, -0.2) is 12.6 Å². The second kappa shape index (κ2) is 14.4. The molecule has 0 aromatic heterocycles. The first kappa shape index (κ1) is 19.7. The van der Waals surface area contributed by atoms with Crippen LogP contribution in [0.3, 0.4) is 0 Å². The summed E-state index contributed by atoms with van der Waals surface area (Å²) in [7, 11) is 0. The summed E-state index contributed by atoms with van der Waals surface area (Å²) in [4.78, 5) is 11.0. The van der Waals surface area contributed by atoms with Crippen LogP contribution in [0, 0.1) is 13.0 Å². The summed E-state index contributed by atoms with van der Waals surface area (Å²) in [6.07, 6.45) is 2.78. The third kappa shape index (κ3) is 11.8. The van der Waals surface area contributed by atoms with Crippen LogP contribution in [0.2, 0.25) is 0 Å². The molecule has 0 spiro atoms. The monoisotopic (exact) mass is 322 g/mol. The van der Waals surface area contributed by atoms with Gasteiger partial charge in [-0.15, -0.1) is 0 Å². The summed E-state index contributed by atoms with van der Waals surface area (Å²) in [5, 5.41) is 2.58. The molecule has 0 heterocycles. The molecule has 3 nitrogen and oxygen atoms in total. The second-order valence-corrected chi connectivity index (χ2v) is 3.20. The zero-order valence-electron chi connectivity index (χ0n) is 10.8. The third-order valence-corrected chi connectivity index (χ3v) is 1.66. The predicted octanol–water partition coefficient (Wildman–Crippen LogP) is 3.13. The molecule has 0 saturated heterocycles. The molecule has 1 rings (SSSR count). The summed E-state index contributed by atoms with van der Waals surface area (Å²) in [5.41, 5.74) is 0.984. The van der Waals surface area contributed by atoms with Gasteiger partial charge in [0.25, 0.3) is 0 Å². The Morgan fingerprint density at radius 3 is 2.50 bits per heavy atom. The number of alkyl carbamates (subject to hydrolysis) is 1. The summed E-state index contributed by atoms with van der Waals surface area (Å²) in [6.45, 7) is 9.46. The number of benzene rings is 1. The Labute approximate surface area is 135 Å². The number of rotatable bonds is 4. The number of carbonyl (C=O) groups is 1. The molecule has 0 unspecified atom stereocenters. The van der Waals surface area contributed by atoms with Crippen LogP contribution >= 0.6 is 0 Å². The van der Waals surface area contributed by atoms with Crippen LogP contribution in [0.1, 0.15) is 18.9 Å². The van der Waals surface area contributed by atoms with E-state index in [1.807, 2.05) is 30.3 Å². The molecule has 97 valence electrons. The molecule has 0 aliphatic carbocycles. The van der Waals surface area contributed by atoms with Gasteiger partial charge in [0.1, 0.15) is 6.61 Å². The molecule has 0 aliphatic rings. The van der Waals surface area contributed by atoms with Gasteiger partial charge in [0.15, 0.2) is 0 Å². The smallest absolute Gasteiger partial charge is 0.407 e. The maximum Gasteiger partial charge on any atom is 0.407 e. The quantitative estimate of drug-likeness (QED) is 0.865. The molecule has 1 aromatic carbocycles. The van der Waals surface area contributed by atoms with Gasteiger partial charge in [0, 0.05) is 32.7 Å². The average Bonchev–Trinajstić information content (AvgIpc) is 2.36. The zero-order valence-corrected chi connectivity index (χ0v) is 13.7. The number of carbonyl (C=O) groups excluding carboxylic acids is 1. The van der Waals surface area contributed by atoms with E-state index in [1.54, 1.807) is 6.92 Å². The van der Waals surface area contributed by atoms with Crippen LogP contribution in [-0.2, 0) is 44.1 Å². The largest absolute Gasteiger partial charge is 0.507 e. The van der Waals surface area contributed by atoms with Gasteiger partial charge in [-0.3, -0.25) is 6.58 Å². The van der Waals surface area contributed by atoms with Gasteiger partial charge in [-0.1, -0.05) is 30.3 Å². The first-order valence-electron chi connectivity index (χ1n) is 5.42. The zero-order chi connectivity index (χ0) is 12.9. The van der Waals surface area contributed by atoms with E-state index in [1.165, 1.54) is 0 Å². The minimum Gasteiger partial charge on any atom is -0.507 e. The molecular weight excluding hydrogens is 303 g/mol. The number of amides is 1. The molecule has 0 saturated carbocycles. The van der Waals surface area contributed by atoms with Gasteiger partial charge in [0.05, 0.1) is 0 Å². The summed E-state index contributed by atoms with van der Waals surface area (Å²) in [6, 6.07) is 9.56. The number of nitrogens with one attached hydrogen (secondary N) is 1. The van der Waals surface area contributed by atoms with Gasteiger partial charge in [-0.25, -0.2) is 4.79 Å². The third-order valence-electron chi connectivity index (χ3n) is 1.66. The van der Waals surface area contributed by atoms with E-state index in [-0.39, 0.29) is 32.7 Å². The molecular formula is C14H19NO2Y-2. The predicted molar refractivity (Wildman–Crippen MR) is 69.1 cm³/mol. The van der Waals surface area contributed by atoms with Crippen molar-refractivity contribution in [2.45, 2.75) is 20.0 Å². The molecule has 4 heteroatoms. The van der Waals surface area contributed by atoms with E-state index in [0.717, 1.165) is 5.56 Å². The Morgan fingerprint density at radius 1 is 1.44 bits per heavy atom. The fourth-order valence-electron chi connectivity index (χ4n) is 0.965. The summed E-state index contributed by atoms with van der Waals surface area (Å²) >= 11 is 0. The van der Waals surface area contributed by atoms with Crippen molar-refractivity contribution >= 4 is 6.09 Å². The molecule has 1 aromatic rings. The maximum absolute atomic E-state index is 11.0. The van der Waals surface area contributed by atoms with Crippen LogP contribution in [0.4, 0.5) is 4.79 Å². The second-order valence-electron chi connectivity index (χ2n) is 3.20. The van der Waals surface area contributed by atoms with Crippen molar-refractivity contribution in [1.29, 1.82) is 0 Å². The number of hydrogen-bond donors (Lipinski definition) is 1. The van der Waals surface area contributed by atoms with Crippen molar-refractivity contribution in [2.24, 2.45) is 0 Å². The Balaban J connectivity index is 0. The van der Waals surface area contributed by atoms with Gasteiger partial charge < -0.3 is 23.1 Å². The van der Waals surface area contributed by atoms with Crippen LogP contribution in [0.15, 0.2) is 36.9 Å². The minimum atomic E-state index is -0.391. The number of ether oxygens (including phenoxy) is 1. The van der Waals surface area contributed by atoms with E-state index in [2.05, 4.69) is 24.9 Å². The van der Waals surface area contributed by atoms with Crippen molar-refractivity contribution in [3.05, 3.63) is 55.5 Å². The SMILES string of the molecule is C=[C-]C.[CH2-]CCNC(=O)OCc1ccccc1.[Y]. The maximum atomic E-state index is 11.0. The molecule has 1 radical (unpaired) electrons. The van der Waals surface area contributed by atoms with Gasteiger partial charge in [-0.05, 0) is 12.1 Å². The van der Waals surface area contributed by atoms with E-state index < -0.39 is 6.09 Å². The summed E-state index contributed by atoms with van der Waals surface area (Å²) in [5.74, 6) is 0. The molecule has 1 N–H and O–H groups in total. The standard InChI is InChI=1S/C11H14NO2.C3H5.Y/c1-2-8-12-11(13)14-9-10-6-4-3-5-7-10;1-3-2;/h3-7H,1-2,8-9H2,(H,12,13);1H2,2H3;/q2*-1;. The van der Waals surface area contributed by atoms with Crippen molar-refractivity contribution in [3.63, 3.8) is 0 Å². The fourth-order valence-corrected chi connectivity index (χ4v) is 0.965. The van der Waals surface area contributed by atoms with Gasteiger partial charge in [0.2, 0.25) is 0 Å². The topological polar surface area (TPSA) is 38.3 Å². The van der Waals surface area contributed by atoms with E-state index in [9.17, 15) is 4.79 Å². The van der Waals surface area contributed by atoms with Crippen LogP contribution in [0.25, 0.3) is 0 Å². The van der Waals surface area contributed by atoms with Crippen LogP contribution < -0.4 is 5.32 Å². The van der Waals surface area contributed by atoms with Crippen molar-refractivity contribution in [3.8, 4) is 0 Å². The van der Waals surface area contributed by atoms with Crippen molar-refractivity contribution < 1.29 is 42.2 Å². The van der Waals surface area contributed by atoms with Gasteiger partial charge >= 0.3 is 6.09 Å². The summed E-state index contributed by atoms with van der Waals surface area (Å²) < 4.78 is 4.95. The normalized spacial score (nSPS) is 8.11. The molecule has 0 atom stereocenters. The van der Waals surface area contributed by atoms with E-state index >= 15 is 0 Å². The molecule has 0 bridgehead atoms. The van der Waals surface area contributed by atoms with E-state index in [4.69, 9.17) is 4.74 Å². The molecule has 0 aliphatic heterocycles.